The SMILES string of the molecule is N=C1c2ccoc2NCN1c1ccc(NS(=O)(=O)c2ccc(S(=O)(=O)c3ccc(C(F)(F)F)cn3)s2)cc1. The molecule has 3 N–H and O–H groups in total. The number of anilines is 3. The van der Waals surface area contributed by atoms with E-state index in [-0.39, 0.29) is 22.4 Å². The normalized spacial score (nSPS) is 14.2. The van der Waals surface area contributed by atoms with Gasteiger partial charge < -0.3 is 14.6 Å². The molecule has 38 heavy (non-hydrogen) atoms. The highest BCUT2D eigenvalue weighted by molar-refractivity contribution is 7.96. The summed E-state index contributed by atoms with van der Waals surface area (Å²) in [4.78, 5) is 5.05. The van der Waals surface area contributed by atoms with Crippen LogP contribution in [-0.2, 0) is 26.0 Å². The lowest BCUT2D eigenvalue weighted by atomic mass is 10.2. The summed E-state index contributed by atoms with van der Waals surface area (Å²) < 4.78 is 96.5. The van der Waals surface area contributed by atoms with Gasteiger partial charge in [-0.05, 0) is 54.6 Å². The van der Waals surface area contributed by atoms with Crippen molar-refractivity contribution in [1.29, 1.82) is 5.41 Å². The van der Waals surface area contributed by atoms with Crippen molar-refractivity contribution >= 4 is 54.3 Å². The van der Waals surface area contributed by atoms with Crippen LogP contribution in [0.15, 0.2) is 84.9 Å². The number of halogens is 3. The third kappa shape index (κ3) is 4.72. The zero-order valence-corrected chi connectivity index (χ0v) is 21.3. The van der Waals surface area contributed by atoms with Crippen LogP contribution < -0.4 is 14.9 Å². The molecule has 1 aliphatic heterocycles. The summed E-state index contributed by atoms with van der Waals surface area (Å²) in [5.74, 6) is 0.692. The van der Waals surface area contributed by atoms with Crippen LogP contribution in [0.1, 0.15) is 11.1 Å². The van der Waals surface area contributed by atoms with Gasteiger partial charge in [0.15, 0.2) is 5.03 Å². The monoisotopic (exact) mass is 583 g/mol. The fourth-order valence-electron chi connectivity index (χ4n) is 3.55. The molecule has 5 rings (SSSR count). The molecule has 1 aliphatic rings. The van der Waals surface area contributed by atoms with E-state index >= 15 is 0 Å². The lowest BCUT2D eigenvalue weighted by Crippen LogP contribution is -2.39. The van der Waals surface area contributed by atoms with Crippen LogP contribution in [0.2, 0.25) is 0 Å². The third-order valence-electron chi connectivity index (χ3n) is 5.44. The summed E-state index contributed by atoms with van der Waals surface area (Å²) in [5.41, 5.74) is 0.277. The van der Waals surface area contributed by atoms with Crippen LogP contribution in [0.3, 0.4) is 0 Å². The number of aromatic nitrogens is 1. The number of fused-ring (bicyclic) bond motifs is 1. The Morgan fingerprint density at radius 1 is 1.00 bits per heavy atom. The predicted molar refractivity (Wildman–Crippen MR) is 133 cm³/mol. The minimum Gasteiger partial charge on any atom is -0.448 e. The number of rotatable bonds is 6. The molecule has 0 radical (unpaired) electrons. The van der Waals surface area contributed by atoms with E-state index in [1.807, 2.05) is 0 Å². The first-order valence-corrected chi connectivity index (χ1v) is 14.3. The third-order valence-corrected chi connectivity index (χ3v) is 10.6. The maximum Gasteiger partial charge on any atom is 0.417 e. The number of sulfone groups is 1. The molecule has 10 nitrogen and oxygen atoms in total. The highest BCUT2D eigenvalue weighted by Gasteiger charge is 2.32. The fourth-order valence-corrected chi connectivity index (χ4v) is 7.66. The number of benzene rings is 1. The number of nitrogens with one attached hydrogen (secondary N) is 3. The predicted octanol–water partition coefficient (Wildman–Crippen LogP) is 4.60. The number of amidine groups is 1. The Balaban J connectivity index is 1.32. The topological polar surface area (TPSA) is 145 Å². The number of nitrogens with zero attached hydrogens (tertiary/aromatic N) is 2. The van der Waals surface area contributed by atoms with E-state index in [9.17, 15) is 30.0 Å². The summed E-state index contributed by atoms with van der Waals surface area (Å²) in [6.45, 7) is 0.269. The van der Waals surface area contributed by atoms with Crippen LogP contribution in [0, 0.1) is 5.41 Å². The molecular weight excluding hydrogens is 567 g/mol. The Hall–Kier alpha value is -3.89. The summed E-state index contributed by atoms with van der Waals surface area (Å²) in [7, 11) is -8.53. The van der Waals surface area contributed by atoms with Gasteiger partial charge in [0, 0.05) is 17.6 Å². The Morgan fingerprint density at radius 2 is 1.71 bits per heavy atom. The molecule has 16 heteroatoms. The van der Waals surface area contributed by atoms with Crippen molar-refractivity contribution < 1.29 is 34.4 Å². The van der Waals surface area contributed by atoms with Crippen LogP contribution in [-0.4, -0.2) is 34.3 Å². The Kier molecular flexibility index (Phi) is 6.19. The van der Waals surface area contributed by atoms with Crippen LogP contribution in [0.4, 0.5) is 30.4 Å². The zero-order chi connectivity index (χ0) is 27.3. The van der Waals surface area contributed by atoms with Crippen LogP contribution in [0.5, 0.6) is 0 Å². The first kappa shape index (κ1) is 25.7. The molecule has 0 bridgehead atoms. The molecular formula is C22H16F3N5O5S3. The minimum absolute atomic E-state index is 0.191. The van der Waals surface area contributed by atoms with E-state index in [4.69, 9.17) is 9.83 Å². The van der Waals surface area contributed by atoms with Gasteiger partial charge in [0.2, 0.25) is 15.7 Å². The standard InChI is InChI=1S/C22H16F3N5O5S3/c23-22(24,25)13-1-6-17(27-11-13)37(31,32)18-7-8-19(36-18)38(33,34)29-14-2-4-15(5-3-14)30-12-28-21-16(20(30)26)9-10-35-21/h1-11,26,28-29H,12H2. The van der Waals surface area contributed by atoms with Crippen molar-refractivity contribution in [1.82, 2.24) is 4.98 Å². The summed E-state index contributed by atoms with van der Waals surface area (Å²) >= 11 is 0.437. The molecule has 0 atom stereocenters. The van der Waals surface area contributed by atoms with Gasteiger partial charge in [-0.2, -0.15) is 13.2 Å². The van der Waals surface area contributed by atoms with Crippen LogP contribution >= 0.6 is 11.3 Å². The lowest BCUT2D eigenvalue weighted by molar-refractivity contribution is -0.137. The number of pyridine rings is 1. The Morgan fingerprint density at radius 3 is 2.37 bits per heavy atom. The maximum atomic E-state index is 12.9. The molecule has 4 heterocycles. The Bertz CT molecular complexity index is 1730. The average molecular weight is 584 g/mol. The second-order valence-corrected chi connectivity index (χ2v) is 13.0. The van der Waals surface area contributed by atoms with Gasteiger partial charge >= 0.3 is 6.18 Å². The van der Waals surface area contributed by atoms with E-state index in [0.29, 0.717) is 40.7 Å². The average Bonchev–Trinajstić information content (AvgIpc) is 3.56. The van der Waals surface area contributed by atoms with Crippen molar-refractivity contribution in [3.05, 3.63) is 78.2 Å². The number of alkyl halides is 3. The van der Waals surface area contributed by atoms with Crippen molar-refractivity contribution in [2.75, 3.05) is 21.6 Å². The number of hydrogen-bond acceptors (Lipinski definition) is 9. The van der Waals surface area contributed by atoms with Crippen molar-refractivity contribution in [2.24, 2.45) is 0 Å². The van der Waals surface area contributed by atoms with Gasteiger partial charge in [-0.3, -0.25) is 10.1 Å². The van der Waals surface area contributed by atoms with Crippen molar-refractivity contribution in [3.8, 4) is 0 Å². The highest BCUT2D eigenvalue weighted by Crippen LogP contribution is 2.33. The first-order chi connectivity index (χ1) is 17.9. The van der Waals surface area contributed by atoms with E-state index in [1.54, 1.807) is 23.1 Å². The molecule has 1 aromatic carbocycles. The molecule has 0 fully saturated rings. The van der Waals surface area contributed by atoms with Crippen molar-refractivity contribution in [2.45, 2.75) is 19.6 Å². The molecule has 0 aliphatic carbocycles. The number of furan rings is 1. The summed E-state index contributed by atoms with van der Waals surface area (Å²) in [6, 6.07) is 11.3. The van der Waals surface area contributed by atoms with Crippen LogP contribution in [0.25, 0.3) is 0 Å². The summed E-state index contributed by atoms with van der Waals surface area (Å²) in [5, 5.41) is 10.8. The smallest absolute Gasteiger partial charge is 0.417 e. The highest BCUT2D eigenvalue weighted by atomic mass is 32.3. The molecule has 0 amide bonds. The zero-order valence-electron chi connectivity index (χ0n) is 18.9. The molecule has 0 saturated carbocycles. The maximum absolute atomic E-state index is 12.9. The molecule has 0 spiro atoms. The van der Waals surface area contributed by atoms with E-state index < -0.39 is 40.8 Å². The lowest BCUT2D eigenvalue weighted by Gasteiger charge is -2.29. The second-order valence-electron chi connectivity index (χ2n) is 7.89. The van der Waals surface area contributed by atoms with Crippen molar-refractivity contribution in [3.63, 3.8) is 0 Å². The molecule has 0 unspecified atom stereocenters. The number of sulfonamides is 1. The molecule has 198 valence electrons. The summed E-state index contributed by atoms with van der Waals surface area (Å²) in [6.07, 6.45) is -2.81. The largest absolute Gasteiger partial charge is 0.448 e. The van der Waals surface area contributed by atoms with Gasteiger partial charge in [0.1, 0.15) is 14.3 Å². The van der Waals surface area contributed by atoms with E-state index in [2.05, 4.69) is 15.0 Å². The first-order valence-electron chi connectivity index (χ1n) is 10.6. The van der Waals surface area contributed by atoms with E-state index in [0.717, 1.165) is 18.2 Å². The van der Waals surface area contributed by atoms with E-state index in [1.165, 1.54) is 18.4 Å². The molecule has 4 aromatic rings. The number of hydrogen-bond donors (Lipinski definition) is 3. The number of thiophene rings is 1. The Labute approximate surface area is 218 Å². The van der Waals surface area contributed by atoms with Gasteiger partial charge in [0.25, 0.3) is 10.0 Å². The fraction of sp³-hybridized carbons (Fsp3) is 0.0909. The minimum atomic E-state index is -4.68. The molecule has 3 aromatic heterocycles. The van der Waals surface area contributed by atoms with Gasteiger partial charge in [-0.15, -0.1) is 11.3 Å². The van der Waals surface area contributed by atoms with Gasteiger partial charge in [0.05, 0.1) is 24.1 Å². The second kappa shape index (κ2) is 9.14. The molecule has 0 saturated heterocycles. The quantitative estimate of drug-likeness (QED) is 0.299. The van der Waals surface area contributed by atoms with Gasteiger partial charge in [-0.1, -0.05) is 0 Å². The van der Waals surface area contributed by atoms with Gasteiger partial charge in [-0.25, -0.2) is 21.8 Å².